The Labute approximate surface area is 209 Å². The van der Waals surface area contributed by atoms with E-state index in [9.17, 15) is 17.6 Å². The maximum atomic E-state index is 14.3. The first-order valence-corrected chi connectivity index (χ1v) is 13.2. The van der Waals surface area contributed by atoms with Crippen LogP contribution in [0.4, 0.5) is 4.39 Å². The van der Waals surface area contributed by atoms with E-state index in [-0.39, 0.29) is 33.3 Å². The van der Waals surface area contributed by atoms with Crippen molar-refractivity contribution in [3.8, 4) is 5.75 Å². The number of halogens is 1. The lowest BCUT2D eigenvalue weighted by Gasteiger charge is -2.35. The van der Waals surface area contributed by atoms with E-state index in [1.807, 2.05) is 13.1 Å². The molecule has 0 aliphatic carbocycles. The van der Waals surface area contributed by atoms with Crippen LogP contribution in [-0.4, -0.2) is 68.4 Å². The van der Waals surface area contributed by atoms with E-state index in [1.165, 1.54) is 37.6 Å². The molecule has 0 atom stereocenters. The molecule has 0 saturated carbocycles. The van der Waals surface area contributed by atoms with Crippen LogP contribution >= 0.6 is 0 Å². The Balaban J connectivity index is 1.65. The topological polar surface area (TPSA) is 71.8 Å². The zero-order chi connectivity index (χ0) is 25.6. The molecule has 1 aliphatic rings. The lowest BCUT2D eigenvalue weighted by atomic mass is 10.0. The molecular weight excluding hydrogens is 481 g/mol. The van der Waals surface area contributed by atoms with Gasteiger partial charge in [-0.1, -0.05) is 24.3 Å². The normalized spacial score (nSPS) is 15.4. The first-order chi connectivity index (χ1) is 17.2. The average molecular weight is 510 g/mol. The molecule has 1 amide bonds. The number of rotatable bonds is 5. The Morgan fingerprint density at radius 2 is 1.72 bits per heavy atom. The van der Waals surface area contributed by atoms with Crippen LogP contribution in [-0.2, 0) is 10.0 Å². The quantitative estimate of drug-likeness (QED) is 0.400. The van der Waals surface area contributed by atoms with Crippen LogP contribution in [0.2, 0.25) is 0 Å². The van der Waals surface area contributed by atoms with Crippen LogP contribution < -0.4 is 4.74 Å². The molecule has 2 heterocycles. The Morgan fingerprint density at radius 3 is 2.42 bits per heavy atom. The standard InChI is InChI=1S/C27H28FN3O4S/c1-29-14-12-19(13-15-29)30(2)27(32)23-17-31(24-9-8-18(28)16-22(23)24)36(33,34)26-11-10-25(35-3)20-6-4-5-7-21(20)26/h4-11,16-17,19H,12-15H2,1-3H3. The predicted molar refractivity (Wildman–Crippen MR) is 138 cm³/mol. The van der Waals surface area contributed by atoms with E-state index in [0.717, 1.165) is 29.9 Å². The number of amides is 1. The number of likely N-dealkylation sites (tertiary alicyclic amines) is 1. The highest BCUT2D eigenvalue weighted by atomic mass is 32.2. The summed E-state index contributed by atoms with van der Waals surface area (Å²) in [5, 5.41) is 1.42. The highest BCUT2D eigenvalue weighted by molar-refractivity contribution is 7.90. The first-order valence-electron chi connectivity index (χ1n) is 11.8. The fourth-order valence-corrected chi connectivity index (χ4v) is 6.60. The molecule has 0 unspecified atom stereocenters. The van der Waals surface area contributed by atoms with Crippen LogP contribution in [0.3, 0.4) is 0 Å². The van der Waals surface area contributed by atoms with Gasteiger partial charge in [-0.2, -0.15) is 0 Å². The van der Waals surface area contributed by atoms with Crippen molar-refractivity contribution in [2.45, 2.75) is 23.8 Å². The van der Waals surface area contributed by atoms with Gasteiger partial charge in [-0.05, 0) is 63.3 Å². The minimum absolute atomic E-state index is 0.0304. The number of aromatic nitrogens is 1. The van der Waals surface area contributed by atoms with E-state index in [4.69, 9.17) is 4.74 Å². The molecule has 5 rings (SSSR count). The van der Waals surface area contributed by atoms with Crippen LogP contribution in [0.1, 0.15) is 23.2 Å². The van der Waals surface area contributed by atoms with E-state index in [2.05, 4.69) is 4.90 Å². The summed E-state index contributed by atoms with van der Waals surface area (Å²) in [6, 6.07) is 14.1. The Hall–Kier alpha value is -3.43. The van der Waals surface area contributed by atoms with Gasteiger partial charge in [0.2, 0.25) is 0 Å². The van der Waals surface area contributed by atoms with Crippen molar-refractivity contribution >= 4 is 37.6 Å². The van der Waals surface area contributed by atoms with Gasteiger partial charge < -0.3 is 14.5 Å². The van der Waals surface area contributed by atoms with E-state index >= 15 is 0 Å². The average Bonchev–Trinajstić information content (AvgIpc) is 3.27. The maximum Gasteiger partial charge on any atom is 0.268 e. The summed E-state index contributed by atoms with van der Waals surface area (Å²) in [7, 11) is 1.16. The molecule has 3 aromatic carbocycles. The van der Waals surface area contributed by atoms with Crippen LogP contribution in [0, 0.1) is 5.82 Å². The molecule has 1 aliphatic heterocycles. The number of methoxy groups -OCH3 is 1. The summed E-state index contributed by atoms with van der Waals surface area (Å²) in [5.41, 5.74) is 0.406. The third kappa shape index (κ3) is 4.02. The van der Waals surface area contributed by atoms with Crippen molar-refractivity contribution < 1.29 is 22.3 Å². The van der Waals surface area contributed by atoms with Crippen molar-refractivity contribution in [1.29, 1.82) is 0 Å². The molecule has 1 fully saturated rings. The van der Waals surface area contributed by atoms with Gasteiger partial charge in [-0.3, -0.25) is 4.79 Å². The third-order valence-corrected chi connectivity index (χ3v) is 8.85. The second kappa shape index (κ2) is 9.22. The Morgan fingerprint density at radius 1 is 1.03 bits per heavy atom. The molecule has 4 aromatic rings. The Kier molecular flexibility index (Phi) is 6.22. The smallest absolute Gasteiger partial charge is 0.268 e. The molecule has 1 saturated heterocycles. The predicted octanol–water partition coefficient (Wildman–Crippen LogP) is 4.35. The largest absolute Gasteiger partial charge is 0.496 e. The summed E-state index contributed by atoms with van der Waals surface area (Å²) >= 11 is 0. The van der Waals surface area contributed by atoms with Gasteiger partial charge in [0, 0.05) is 35.4 Å². The van der Waals surface area contributed by atoms with Crippen LogP contribution in [0.5, 0.6) is 5.75 Å². The van der Waals surface area contributed by atoms with Gasteiger partial charge in [0.25, 0.3) is 15.9 Å². The summed E-state index contributed by atoms with van der Waals surface area (Å²) in [6.07, 6.45) is 2.97. The van der Waals surface area contributed by atoms with Crippen molar-refractivity contribution in [3.63, 3.8) is 0 Å². The number of fused-ring (bicyclic) bond motifs is 2. The summed E-state index contributed by atoms with van der Waals surface area (Å²) in [6.45, 7) is 1.75. The number of ether oxygens (including phenoxy) is 1. The number of carbonyl (C=O) groups is 1. The van der Waals surface area contributed by atoms with Crippen molar-refractivity contribution in [3.05, 3.63) is 72.2 Å². The molecule has 36 heavy (non-hydrogen) atoms. The molecule has 188 valence electrons. The molecular formula is C27H28FN3O4S. The number of carbonyl (C=O) groups excluding carboxylic acids is 1. The van der Waals surface area contributed by atoms with Crippen molar-refractivity contribution in [1.82, 2.24) is 13.8 Å². The highest BCUT2D eigenvalue weighted by Gasteiger charge is 2.30. The molecule has 1 aromatic heterocycles. The highest BCUT2D eigenvalue weighted by Crippen LogP contribution is 2.34. The van der Waals surface area contributed by atoms with Gasteiger partial charge in [-0.25, -0.2) is 16.8 Å². The SMILES string of the molecule is COc1ccc(S(=O)(=O)n2cc(C(=O)N(C)C3CCN(C)CC3)c3cc(F)ccc32)c2ccccc12. The zero-order valence-electron chi connectivity index (χ0n) is 20.4. The second-order valence-electron chi connectivity index (χ2n) is 9.27. The number of hydrogen-bond acceptors (Lipinski definition) is 5. The number of nitrogens with zero attached hydrogens (tertiary/aromatic N) is 3. The third-order valence-electron chi connectivity index (χ3n) is 7.12. The Bertz CT molecular complexity index is 1570. The lowest BCUT2D eigenvalue weighted by molar-refractivity contribution is 0.0661. The number of piperidine rings is 1. The van der Waals surface area contributed by atoms with E-state index < -0.39 is 15.8 Å². The van der Waals surface area contributed by atoms with Crippen LogP contribution in [0.25, 0.3) is 21.7 Å². The minimum atomic E-state index is -4.14. The van der Waals surface area contributed by atoms with Gasteiger partial charge in [-0.15, -0.1) is 0 Å². The summed E-state index contributed by atoms with van der Waals surface area (Å²) < 4.78 is 48.8. The zero-order valence-corrected chi connectivity index (χ0v) is 21.3. The maximum absolute atomic E-state index is 14.3. The molecule has 0 radical (unpaired) electrons. The fourth-order valence-electron chi connectivity index (χ4n) is 5.03. The monoisotopic (exact) mass is 509 g/mol. The van der Waals surface area contributed by atoms with E-state index in [0.29, 0.717) is 16.5 Å². The lowest BCUT2D eigenvalue weighted by Crippen LogP contribution is -2.44. The van der Waals surface area contributed by atoms with Gasteiger partial charge in [0.1, 0.15) is 11.6 Å². The molecule has 9 heteroatoms. The van der Waals surface area contributed by atoms with Gasteiger partial charge in [0.05, 0.1) is 23.1 Å². The number of hydrogen-bond donors (Lipinski definition) is 0. The van der Waals surface area contributed by atoms with Gasteiger partial charge in [0.15, 0.2) is 0 Å². The second-order valence-corrected chi connectivity index (χ2v) is 11.1. The van der Waals surface area contributed by atoms with E-state index in [1.54, 1.807) is 36.2 Å². The molecule has 7 nitrogen and oxygen atoms in total. The minimum Gasteiger partial charge on any atom is -0.496 e. The molecule has 0 spiro atoms. The molecule has 0 N–H and O–H groups in total. The fraction of sp³-hybridized carbons (Fsp3) is 0.296. The first kappa shape index (κ1) is 24.3. The van der Waals surface area contributed by atoms with Crippen molar-refractivity contribution in [2.75, 3.05) is 34.3 Å². The van der Waals surface area contributed by atoms with Crippen LogP contribution in [0.15, 0.2) is 65.7 Å². The van der Waals surface area contributed by atoms with Crippen molar-refractivity contribution in [2.24, 2.45) is 0 Å². The number of benzene rings is 3. The molecule has 0 bridgehead atoms. The van der Waals surface area contributed by atoms with Gasteiger partial charge >= 0.3 is 0 Å². The summed E-state index contributed by atoms with van der Waals surface area (Å²) in [4.78, 5) is 17.5. The summed E-state index contributed by atoms with van der Waals surface area (Å²) in [5.74, 6) is -0.308.